The van der Waals surface area contributed by atoms with Gasteiger partial charge >= 0.3 is 0 Å². The summed E-state index contributed by atoms with van der Waals surface area (Å²) in [6.07, 6.45) is 0.746. The highest BCUT2D eigenvalue weighted by Crippen LogP contribution is 2.28. The zero-order valence-corrected chi connectivity index (χ0v) is 10.3. The van der Waals surface area contributed by atoms with Crippen LogP contribution < -0.4 is 5.73 Å². The summed E-state index contributed by atoms with van der Waals surface area (Å²) < 4.78 is 0. The van der Waals surface area contributed by atoms with Crippen molar-refractivity contribution in [3.05, 3.63) is 33.8 Å². The average molecular weight is 245 g/mol. The third-order valence-electron chi connectivity index (χ3n) is 2.13. The van der Waals surface area contributed by atoms with Crippen molar-refractivity contribution in [3.8, 4) is 0 Å². The quantitative estimate of drug-likeness (QED) is 0.638. The molecule has 0 aliphatic rings. The van der Waals surface area contributed by atoms with Crippen molar-refractivity contribution in [1.82, 2.24) is 0 Å². The molecular formula is C11H14Cl2N2. The van der Waals surface area contributed by atoms with Crippen LogP contribution in [0.15, 0.2) is 23.2 Å². The highest BCUT2D eigenvalue weighted by Gasteiger charge is 2.08. The number of nitrogens with zero attached hydrogens (tertiary/aromatic N) is 1. The number of nitrogens with two attached hydrogens (primary N) is 1. The second kappa shape index (κ2) is 5.38. The first-order valence-electron chi connectivity index (χ1n) is 4.81. The molecule has 1 aromatic carbocycles. The van der Waals surface area contributed by atoms with Crippen LogP contribution in [0.25, 0.3) is 0 Å². The Kier molecular flexibility index (Phi) is 4.43. The Morgan fingerprint density at radius 3 is 2.67 bits per heavy atom. The van der Waals surface area contributed by atoms with Gasteiger partial charge in [0.05, 0.1) is 11.9 Å². The van der Waals surface area contributed by atoms with Crippen molar-refractivity contribution in [2.45, 2.75) is 26.3 Å². The molecule has 0 radical (unpaired) electrons. The third-order valence-corrected chi connectivity index (χ3v) is 2.70. The predicted molar refractivity (Wildman–Crippen MR) is 66.8 cm³/mol. The molecule has 82 valence electrons. The number of hydrogen-bond donors (Lipinski definition) is 1. The number of amidine groups is 1. The van der Waals surface area contributed by atoms with Gasteiger partial charge in [0.1, 0.15) is 0 Å². The summed E-state index contributed by atoms with van der Waals surface area (Å²) in [6.45, 7) is 3.92. The summed E-state index contributed by atoms with van der Waals surface area (Å²) in [4.78, 5) is 4.32. The van der Waals surface area contributed by atoms with Crippen molar-refractivity contribution in [2.75, 3.05) is 0 Å². The van der Waals surface area contributed by atoms with E-state index in [2.05, 4.69) is 4.99 Å². The Hall–Kier alpha value is -0.730. The van der Waals surface area contributed by atoms with Gasteiger partial charge in [0.15, 0.2) is 0 Å². The molecule has 0 amide bonds. The van der Waals surface area contributed by atoms with Gasteiger partial charge in [-0.3, -0.25) is 4.99 Å². The van der Waals surface area contributed by atoms with Gasteiger partial charge in [-0.05, 0) is 24.6 Å². The first-order valence-corrected chi connectivity index (χ1v) is 5.57. The van der Waals surface area contributed by atoms with Crippen molar-refractivity contribution in [2.24, 2.45) is 10.7 Å². The molecule has 4 heteroatoms. The van der Waals surface area contributed by atoms with Crippen LogP contribution in [0.2, 0.25) is 10.0 Å². The Morgan fingerprint density at radius 1 is 1.47 bits per heavy atom. The Balaban J connectivity index is 2.96. The maximum Gasteiger partial charge on any atom is 0.0941 e. The fourth-order valence-corrected chi connectivity index (χ4v) is 1.82. The number of hydrogen-bond acceptors (Lipinski definition) is 1. The summed E-state index contributed by atoms with van der Waals surface area (Å²) in [5.74, 6) is 0.633. The van der Waals surface area contributed by atoms with Crippen LogP contribution in [-0.2, 0) is 0 Å². The number of benzene rings is 1. The van der Waals surface area contributed by atoms with E-state index in [1.54, 1.807) is 12.1 Å². The molecule has 0 saturated heterocycles. The third kappa shape index (κ3) is 3.40. The monoisotopic (exact) mass is 244 g/mol. The van der Waals surface area contributed by atoms with Crippen molar-refractivity contribution in [1.29, 1.82) is 0 Å². The molecule has 2 N–H and O–H groups in total. The van der Waals surface area contributed by atoms with Gasteiger partial charge in [-0.25, -0.2) is 0 Å². The van der Waals surface area contributed by atoms with Crippen LogP contribution in [0, 0.1) is 0 Å². The van der Waals surface area contributed by atoms with Crippen LogP contribution >= 0.6 is 23.2 Å². The highest BCUT2D eigenvalue weighted by molar-refractivity contribution is 6.35. The molecule has 1 rings (SSSR count). The Labute approximate surface area is 100 Å². The maximum absolute atomic E-state index is 6.06. The van der Waals surface area contributed by atoms with E-state index < -0.39 is 0 Å². The summed E-state index contributed by atoms with van der Waals surface area (Å²) in [5, 5.41) is 1.26. The minimum atomic E-state index is -0.0327. The van der Waals surface area contributed by atoms with Gasteiger partial charge in [0, 0.05) is 16.5 Å². The zero-order chi connectivity index (χ0) is 11.4. The lowest BCUT2D eigenvalue weighted by Crippen LogP contribution is -2.11. The molecule has 0 heterocycles. The van der Waals surface area contributed by atoms with E-state index in [4.69, 9.17) is 28.9 Å². The molecule has 0 aliphatic heterocycles. The lowest BCUT2D eigenvalue weighted by molar-refractivity contribution is 0.813. The molecule has 1 unspecified atom stereocenters. The lowest BCUT2D eigenvalue weighted by atomic mass is 10.1. The van der Waals surface area contributed by atoms with E-state index in [1.165, 1.54) is 0 Å². The molecule has 0 aliphatic carbocycles. The first-order chi connectivity index (χ1) is 7.04. The smallest absolute Gasteiger partial charge is 0.0941 e. The van der Waals surface area contributed by atoms with Crippen molar-refractivity contribution < 1.29 is 0 Å². The summed E-state index contributed by atoms with van der Waals surface area (Å²) in [5.41, 5.74) is 6.61. The van der Waals surface area contributed by atoms with E-state index >= 15 is 0 Å². The van der Waals surface area contributed by atoms with Gasteiger partial charge in [0.25, 0.3) is 0 Å². The first kappa shape index (κ1) is 12.3. The fourth-order valence-electron chi connectivity index (χ4n) is 1.25. The van der Waals surface area contributed by atoms with Crippen LogP contribution in [-0.4, -0.2) is 5.84 Å². The Bertz CT molecular complexity index is 375. The topological polar surface area (TPSA) is 38.4 Å². The van der Waals surface area contributed by atoms with Gasteiger partial charge in [-0.2, -0.15) is 0 Å². The molecule has 2 nitrogen and oxygen atoms in total. The number of halogens is 2. The van der Waals surface area contributed by atoms with Gasteiger partial charge in [-0.15, -0.1) is 0 Å². The molecule has 15 heavy (non-hydrogen) atoms. The number of rotatable bonds is 3. The van der Waals surface area contributed by atoms with Gasteiger partial charge in [-0.1, -0.05) is 36.2 Å². The van der Waals surface area contributed by atoms with E-state index in [9.17, 15) is 0 Å². The fraction of sp³-hybridized carbons (Fsp3) is 0.364. The number of aliphatic imine (C=N–C) groups is 1. The molecule has 0 saturated carbocycles. The SMILES string of the molecule is CCC(N)=NC(C)c1ccc(Cl)cc1Cl. The van der Waals surface area contributed by atoms with Gasteiger partial charge < -0.3 is 5.73 Å². The van der Waals surface area contributed by atoms with E-state index in [0.29, 0.717) is 15.9 Å². The Morgan fingerprint density at radius 2 is 2.13 bits per heavy atom. The summed E-state index contributed by atoms with van der Waals surface area (Å²) in [7, 11) is 0. The molecule has 0 spiro atoms. The molecule has 1 aromatic rings. The molecule has 0 bridgehead atoms. The average Bonchev–Trinajstić information content (AvgIpc) is 2.17. The minimum absolute atomic E-state index is 0.0327. The van der Waals surface area contributed by atoms with E-state index in [0.717, 1.165) is 12.0 Å². The van der Waals surface area contributed by atoms with E-state index in [-0.39, 0.29) is 6.04 Å². The molecule has 0 fully saturated rings. The normalized spacial score (nSPS) is 14.0. The molecule has 1 atom stereocenters. The van der Waals surface area contributed by atoms with Crippen LogP contribution in [0.3, 0.4) is 0 Å². The van der Waals surface area contributed by atoms with Crippen LogP contribution in [0.1, 0.15) is 31.9 Å². The minimum Gasteiger partial charge on any atom is -0.387 e. The second-order valence-corrected chi connectivity index (χ2v) is 4.16. The van der Waals surface area contributed by atoms with Crippen LogP contribution in [0.4, 0.5) is 0 Å². The predicted octanol–water partition coefficient (Wildman–Crippen LogP) is 3.82. The summed E-state index contributed by atoms with van der Waals surface area (Å²) >= 11 is 11.9. The summed E-state index contributed by atoms with van der Waals surface area (Å²) in [6, 6.07) is 5.36. The zero-order valence-electron chi connectivity index (χ0n) is 8.80. The van der Waals surface area contributed by atoms with Crippen molar-refractivity contribution in [3.63, 3.8) is 0 Å². The van der Waals surface area contributed by atoms with Gasteiger partial charge in [0.2, 0.25) is 0 Å². The van der Waals surface area contributed by atoms with E-state index in [1.807, 2.05) is 19.9 Å². The largest absolute Gasteiger partial charge is 0.387 e. The maximum atomic E-state index is 6.06. The molecular weight excluding hydrogens is 231 g/mol. The van der Waals surface area contributed by atoms with Crippen LogP contribution in [0.5, 0.6) is 0 Å². The lowest BCUT2D eigenvalue weighted by Gasteiger charge is -2.10. The standard InChI is InChI=1S/C11H14Cl2N2/c1-3-11(14)15-7(2)9-5-4-8(12)6-10(9)13/h4-7H,3H2,1-2H3,(H2,14,15). The second-order valence-electron chi connectivity index (χ2n) is 3.32. The highest BCUT2D eigenvalue weighted by atomic mass is 35.5. The molecule has 0 aromatic heterocycles. The van der Waals surface area contributed by atoms with Crippen molar-refractivity contribution >= 4 is 29.0 Å².